The summed E-state index contributed by atoms with van der Waals surface area (Å²) >= 11 is 0. The average Bonchev–Trinajstić information content (AvgIpc) is 2.92. The van der Waals surface area contributed by atoms with E-state index in [2.05, 4.69) is 24.8 Å². The minimum atomic E-state index is -0.345. The molecule has 2 rings (SSSR count). The molecule has 1 unspecified atom stereocenters. The predicted octanol–water partition coefficient (Wildman–Crippen LogP) is 6.58. The topological polar surface area (TPSA) is 71.1 Å². The van der Waals surface area contributed by atoms with Gasteiger partial charge in [-0.1, -0.05) is 58.6 Å². The molecule has 2 aliphatic rings. The third kappa shape index (κ3) is 13.7. The Labute approximate surface area is 226 Å². The van der Waals surface area contributed by atoms with Gasteiger partial charge in [-0.2, -0.15) is 0 Å². The number of ether oxygens (including phenoxy) is 4. The molecule has 0 aliphatic heterocycles. The summed E-state index contributed by atoms with van der Waals surface area (Å²) < 4.78 is 20.5. The van der Waals surface area contributed by atoms with Crippen LogP contribution >= 0.6 is 0 Å². The summed E-state index contributed by atoms with van der Waals surface area (Å²) in [5.74, 6) is 3.38. The average molecular weight is 523 g/mol. The lowest BCUT2D eigenvalue weighted by atomic mass is 9.67. The van der Waals surface area contributed by atoms with Crippen molar-refractivity contribution in [2.24, 2.45) is 29.6 Å². The number of esters is 1. The maximum atomic E-state index is 12.0. The van der Waals surface area contributed by atoms with Crippen LogP contribution in [-0.2, 0) is 28.5 Å². The van der Waals surface area contributed by atoms with Gasteiger partial charge >= 0.3 is 5.97 Å². The molecule has 2 saturated carbocycles. The van der Waals surface area contributed by atoms with Gasteiger partial charge in [-0.25, -0.2) is 4.79 Å². The molecule has 0 aromatic heterocycles. The van der Waals surface area contributed by atoms with Gasteiger partial charge in [0.25, 0.3) is 0 Å². The first-order valence-electron chi connectivity index (χ1n) is 14.3. The summed E-state index contributed by atoms with van der Waals surface area (Å²) in [5, 5.41) is 0. The molecule has 37 heavy (non-hydrogen) atoms. The molecule has 0 amide bonds. The molecule has 214 valence electrons. The quantitative estimate of drug-likeness (QED) is 0.0987. The predicted molar refractivity (Wildman–Crippen MR) is 149 cm³/mol. The van der Waals surface area contributed by atoms with Gasteiger partial charge < -0.3 is 18.9 Å². The van der Waals surface area contributed by atoms with Gasteiger partial charge in [-0.05, 0) is 62.2 Å². The van der Waals surface area contributed by atoms with Crippen LogP contribution in [0.1, 0.15) is 84.0 Å². The van der Waals surface area contributed by atoms with Crippen LogP contribution in [0.15, 0.2) is 24.3 Å². The van der Waals surface area contributed by atoms with Crippen LogP contribution in [0.3, 0.4) is 0 Å². The lowest BCUT2D eigenvalue weighted by Gasteiger charge is -2.39. The van der Waals surface area contributed by atoms with E-state index in [0.717, 1.165) is 17.8 Å². The highest BCUT2D eigenvalue weighted by molar-refractivity contribution is 5.87. The fourth-order valence-corrected chi connectivity index (χ4v) is 5.99. The van der Waals surface area contributed by atoms with E-state index in [-0.39, 0.29) is 18.5 Å². The highest BCUT2D eigenvalue weighted by atomic mass is 16.5. The molecule has 2 aliphatic carbocycles. The highest BCUT2D eigenvalue weighted by Crippen LogP contribution is 2.43. The summed E-state index contributed by atoms with van der Waals surface area (Å²) in [6.07, 6.45) is 17.3. The number of unbranched alkanes of at least 4 members (excludes halogenated alkanes) is 2. The number of methoxy groups -OCH3 is 3. The van der Waals surface area contributed by atoms with E-state index in [1.807, 2.05) is 0 Å². The molecule has 2 fully saturated rings. The van der Waals surface area contributed by atoms with Crippen LogP contribution in [-0.4, -0.2) is 60.0 Å². The van der Waals surface area contributed by atoms with E-state index < -0.39 is 0 Å². The maximum absolute atomic E-state index is 12.0. The van der Waals surface area contributed by atoms with Crippen molar-refractivity contribution in [1.82, 2.24) is 0 Å². The molecule has 6 nitrogen and oxygen atoms in total. The fourth-order valence-electron chi connectivity index (χ4n) is 5.99. The molecule has 0 saturated heterocycles. The van der Waals surface area contributed by atoms with Crippen molar-refractivity contribution < 1.29 is 28.5 Å². The lowest BCUT2D eigenvalue weighted by molar-refractivity contribution is -0.142. The van der Waals surface area contributed by atoms with Gasteiger partial charge in [0.05, 0.1) is 32.0 Å². The summed E-state index contributed by atoms with van der Waals surface area (Å²) in [6, 6.07) is 0. The zero-order valence-corrected chi connectivity index (χ0v) is 24.1. The summed E-state index contributed by atoms with van der Waals surface area (Å²) in [6.45, 7) is 11.0. The third-order valence-corrected chi connectivity index (χ3v) is 8.17. The SMILES string of the molecule is C=C(C=O)COC.C=C(COC)C(=O)OCC(COC)C1CCC(C2CCC(CCCCC)CC2)CC1. The minimum absolute atomic E-state index is 0.222. The molecule has 6 heteroatoms. The van der Waals surface area contributed by atoms with Crippen molar-refractivity contribution >= 4 is 12.3 Å². The Morgan fingerprint density at radius 2 is 1.43 bits per heavy atom. The van der Waals surface area contributed by atoms with Crippen molar-refractivity contribution in [3.8, 4) is 0 Å². The van der Waals surface area contributed by atoms with E-state index in [1.54, 1.807) is 14.2 Å². The second kappa shape index (κ2) is 20.5. The van der Waals surface area contributed by atoms with Crippen LogP contribution < -0.4 is 0 Å². The second-order valence-corrected chi connectivity index (χ2v) is 11.0. The molecular weight excluding hydrogens is 468 g/mol. The van der Waals surface area contributed by atoms with Crippen molar-refractivity contribution in [3.05, 3.63) is 24.3 Å². The van der Waals surface area contributed by atoms with Crippen molar-refractivity contribution in [1.29, 1.82) is 0 Å². The van der Waals surface area contributed by atoms with E-state index >= 15 is 0 Å². The van der Waals surface area contributed by atoms with Gasteiger partial charge in [0.2, 0.25) is 0 Å². The van der Waals surface area contributed by atoms with E-state index in [4.69, 9.17) is 14.2 Å². The van der Waals surface area contributed by atoms with Gasteiger partial charge in [-0.15, -0.1) is 0 Å². The number of rotatable bonds is 16. The monoisotopic (exact) mass is 522 g/mol. The fraction of sp³-hybridized carbons (Fsp3) is 0.806. The first-order valence-corrected chi connectivity index (χ1v) is 14.3. The third-order valence-electron chi connectivity index (χ3n) is 8.17. The van der Waals surface area contributed by atoms with Crippen LogP contribution in [0, 0.1) is 29.6 Å². The first-order chi connectivity index (χ1) is 17.9. The number of carbonyl (C=O) groups excluding carboxylic acids is 2. The van der Waals surface area contributed by atoms with Crippen LogP contribution in [0.2, 0.25) is 0 Å². The first kappa shape index (κ1) is 33.5. The number of aldehydes is 1. The normalized spacial score (nSPS) is 24.3. The van der Waals surface area contributed by atoms with E-state index in [0.29, 0.717) is 43.2 Å². The lowest BCUT2D eigenvalue weighted by Crippen LogP contribution is -2.32. The summed E-state index contributed by atoms with van der Waals surface area (Å²) in [5.41, 5.74) is 0.852. The Morgan fingerprint density at radius 3 is 1.92 bits per heavy atom. The van der Waals surface area contributed by atoms with Crippen molar-refractivity contribution in [2.45, 2.75) is 84.0 Å². The van der Waals surface area contributed by atoms with Gasteiger partial charge in [-0.3, -0.25) is 4.79 Å². The molecule has 0 aromatic rings. The Kier molecular flexibility index (Phi) is 18.5. The molecule has 0 aromatic carbocycles. The van der Waals surface area contributed by atoms with Gasteiger partial charge in [0, 0.05) is 32.8 Å². The Bertz CT molecular complexity index is 644. The highest BCUT2D eigenvalue weighted by Gasteiger charge is 2.33. The molecular formula is C31H54O6. The van der Waals surface area contributed by atoms with Crippen molar-refractivity contribution in [3.63, 3.8) is 0 Å². The van der Waals surface area contributed by atoms with E-state index in [9.17, 15) is 9.59 Å². The van der Waals surface area contributed by atoms with Crippen molar-refractivity contribution in [2.75, 3.05) is 47.8 Å². The Balaban J connectivity index is 0.000000856. The molecule has 1 atom stereocenters. The van der Waals surface area contributed by atoms with Gasteiger partial charge in [0.15, 0.2) is 0 Å². The molecule has 0 radical (unpaired) electrons. The Hall–Kier alpha value is -1.50. The molecule has 0 bridgehead atoms. The number of hydrogen-bond donors (Lipinski definition) is 0. The minimum Gasteiger partial charge on any atom is -0.462 e. The Morgan fingerprint density at radius 1 is 0.838 bits per heavy atom. The van der Waals surface area contributed by atoms with Gasteiger partial charge in [0.1, 0.15) is 6.29 Å². The maximum Gasteiger partial charge on any atom is 0.335 e. The van der Waals surface area contributed by atoms with Crippen LogP contribution in [0.25, 0.3) is 0 Å². The summed E-state index contributed by atoms with van der Waals surface area (Å²) in [7, 11) is 4.82. The summed E-state index contributed by atoms with van der Waals surface area (Å²) in [4.78, 5) is 21.8. The zero-order valence-electron chi connectivity index (χ0n) is 24.1. The number of hydrogen-bond acceptors (Lipinski definition) is 6. The molecule has 0 heterocycles. The van der Waals surface area contributed by atoms with Crippen LogP contribution in [0.5, 0.6) is 0 Å². The zero-order chi connectivity index (χ0) is 27.5. The standard InChI is InChI=1S/C26H46O4.C5H8O2/c1-5-6-7-8-21-9-11-22(12-10-21)23-13-15-24(16-14-23)25(18-29-4)19-30-26(27)20(2)17-28-3;1-5(3-6)4-7-2/h21-25H,2,5-19H2,1,3-4H3;3H,1,4H2,2H3. The largest absolute Gasteiger partial charge is 0.462 e. The molecule has 0 N–H and O–H groups in total. The van der Waals surface area contributed by atoms with Crippen LogP contribution in [0.4, 0.5) is 0 Å². The smallest absolute Gasteiger partial charge is 0.335 e. The number of carbonyl (C=O) groups is 2. The second-order valence-electron chi connectivity index (χ2n) is 11.0. The van der Waals surface area contributed by atoms with E-state index in [1.165, 1.54) is 84.2 Å². The molecule has 0 spiro atoms.